The molecule has 0 fully saturated rings. The second-order valence-electron chi connectivity index (χ2n) is 4.63. The average molecular weight is 302 g/mol. The Labute approximate surface area is 125 Å². The number of nitrogens with two attached hydrogens (primary N) is 1. The molecule has 108 valence electrons. The molecular formula is C14H14N4O2S. The Hall–Kier alpha value is -2.41. The van der Waals surface area contributed by atoms with E-state index in [1.165, 1.54) is 11.3 Å². The Morgan fingerprint density at radius 3 is 2.95 bits per heavy atom. The van der Waals surface area contributed by atoms with Crippen LogP contribution in [0.2, 0.25) is 0 Å². The van der Waals surface area contributed by atoms with Gasteiger partial charge in [-0.1, -0.05) is 0 Å². The third-order valence-corrected chi connectivity index (χ3v) is 4.31. The van der Waals surface area contributed by atoms with Crippen molar-refractivity contribution in [1.29, 1.82) is 0 Å². The van der Waals surface area contributed by atoms with Crippen LogP contribution in [0, 0.1) is 13.8 Å². The first-order valence-corrected chi connectivity index (χ1v) is 7.22. The molecule has 3 aromatic heterocycles. The van der Waals surface area contributed by atoms with Gasteiger partial charge in [-0.2, -0.15) is 0 Å². The summed E-state index contributed by atoms with van der Waals surface area (Å²) in [5.74, 6) is 0.991. The Morgan fingerprint density at radius 2 is 2.29 bits per heavy atom. The van der Waals surface area contributed by atoms with Crippen LogP contribution >= 0.6 is 11.3 Å². The molecule has 0 radical (unpaired) electrons. The molecule has 7 heteroatoms. The summed E-state index contributed by atoms with van der Waals surface area (Å²) in [5, 5.41) is 3.57. The van der Waals surface area contributed by atoms with E-state index in [1.54, 1.807) is 12.3 Å². The van der Waals surface area contributed by atoms with Crippen molar-refractivity contribution in [2.45, 2.75) is 20.4 Å². The number of pyridine rings is 1. The molecule has 1 amide bonds. The lowest BCUT2D eigenvalue weighted by atomic mass is 10.2. The van der Waals surface area contributed by atoms with E-state index in [1.807, 2.05) is 19.9 Å². The number of aromatic nitrogens is 2. The molecule has 0 bridgehead atoms. The van der Waals surface area contributed by atoms with Crippen LogP contribution in [0.1, 0.15) is 27.0 Å². The first-order valence-electron chi connectivity index (χ1n) is 6.40. The Kier molecular flexibility index (Phi) is 3.34. The summed E-state index contributed by atoms with van der Waals surface area (Å²) in [7, 11) is 0. The van der Waals surface area contributed by atoms with E-state index in [0.717, 1.165) is 21.7 Å². The second kappa shape index (κ2) is 5.17. The van der Waals surface area contributed by atoms with Crippen LogP contribution in [0.4, 0.5) is 5.69 Å². The molecule has 0 aliphatic heterocycles. The van der Waals surface area contributed by atoms with Crippen molar-refractivity contribution in [3.8, 4) is 0 Å². The monoisotopic (exact) mass is 302 g/mol. The van der Waals surface area contributed by atoms with E-state index >= 15 is 0 Å². The highest BCUT2D eigenvalue weighted by atomic mass is 32.1. The molecule has 3 aromatic rings. The van der Waals surface area contributed by atoms with Crippen molar-refractivity contribution in [3.63, 3.8) is 0 Å². The predicted octanol–water partition coefficient (Wildman–Crippen LogP) is 2.41. The number of thiophene rings is 1. The molecule has 3 N–H and O–H groups in total. The highest BCUT2D eigenvalue weighted by molar-refractivity contribution is 7.21. The zero-order valence-corrected chi connectivity index (χ0v) is 12.5. The molecule has 3 rings (SSSR count). The van der Waals surface area contributed by atoms with Gasteiger partial charge >= 0.3 is 0 Å². The molecule has 0 saturated carbocycles. The van der Waals surface area contributed by atoms with Gasteiger partial charge in [0.15, 0.2) is 0 Å². The van der Waals surface area contributed by atoms with Crippen molar-refractivity contribution < 1.29 is 9.21 Å². The summed E-state index contributed by atoms with van der Waals surface area (Å²) in [5.41, 5.74) is 7.29. The fourth-order valence-corrected chi connectivity index (χ4v) is 2.95. The Morgan fingerprint density at radius 1 is 1.48 bits per heavy atom. The highest BCUT2D eigenvalue weighted by Crippen LogP contribution is 2.31. The number of hydrogen-bond donors (Lipinski definition) is 2. The first kappa shape index (κ1) is 13.6. The molecule has 0 saturated heterocycles. The van der Waals surface area contributed by atoms with Gasteiger partial charge in [0.1, 0.15) is 15.5 Å². The zero-order chi connectivity index (χ0) is 15.0. The Bertz CT molecular complexity index is 802. The SMILES string of the molecule is Cc1nc(CNC(=O)c2sc3ncccc3c2N)oc1C. The molecule has 0 spiro atoms. The fourth-order valence-electron chi connectivity index (χ4n) is 1.97. The number of oxazole rings is 1. The summed E-state index contributed by atoms with van der Waals surface area (Å²) in [4.78, 5) is 21.9. The number of nitrogen functional groups attached to an aromatic ring is 1. The van der Waals surface area contributed by atoms with Gasteiger partial charge in [-0.25, -0.2) is 9.97 Å². The lowest BCUT2D eigenvalue weighted by molar-refractivity contribution is 0.0952. The van der Waals surface area contributed by atoms with Crippen molar-refractivity contribution >= 4 is 33.1 Å². The number of hydrogen-bond acceptors (Lipinski definition) is 6. The second-order valence-corrected chi connectivity index (χ2v) is 5.63. The van der Waals surface area contributed by atoms with Crippen LogP contribution in [-0.2, 0) is 6.54 Å². The normalized spacial score (nSPS) is 11.0. The Balaban J connectivity index is 1.79. The smallest absolute Gasteiger partial charge is 0.264 e. The fraction of sp³-hybridized carbons (Fsp3) is 0.214. The maximum atomic E-state index is 12.2. The lowest BCUT2D eigenvalue weighted by Crippen LogP contribution is -2.22. The van der Waals surface area contributed by atoms with Crippen LogP contribution in [0.25, 0.3) is 10.2 Å². The minimum Gasteiger partial charge on any atom is -0.444 e. The maximum absolute atomic E-state index is 12.2. The van der Waals surface area contributed by atoms with E-state index < -0.39 is 0 Å². The van der Waals surface area contributed by atoms with Gasteiger partial charge in [-0.15, -0.1) is 11.3 Å². The van der Waals surface area contributed by atoms with Gasteiger partial charge in [0.05, 0.1) is 17.9 Å². The van der Waals surface area contributed by atoms with Crippen molar-refractivity contribution in [3.05, 3.63) is 40.6 Å². The van der Waals surface area contributed by atoms with Crippen LogP contribution in [0.5, 0.6) is 0 Å². The zero-order valence-electron chi connectivity index (χ0n) is 11.6. The predicted molar refractivity (Wildman–Crippen MR) is 81.2 cm³/mol. The first-order chi connectivity index (χ1) is 10.1. The minimum atomic E-state index is -0.246. The molecule has 6 nitrogen and oxygen atoms in total. The van der Waals surface area contributed by atoms with Gasteiger partial charge in [0.25, 0.3) is 5.91 Å². The number of aryl methyl sites for hydroxylation is 2. The number of anilines is 1. The lowest BCUT2D eigenvalue weighted by Gasteiger charge is -2.01. The number of amides is 1. The maximum Gasteiger partial charge on any atom is 0.264 e. The minimum absolute atomic E-state index is 0.231. The third kappa shape index (κ3) is 2.47. The molecule has 3 heterocycles. The standard InChI is InChI=1S/C14H14N4O2S/c1-7-8(2)20-10(18-7)6-17-13(19)12-11(15)9-4-3-5-16-14(9)21-12/h3-5H,6,15H2,1-2H3,(H,17,19). The van der Waals surface area contributed by atoms with E-state index in [9.17, 15) is 4.79 Å². The van der Waals surface area contributed by atoms with Crippen molar-refractivity contribution in [2.24, 2.45) is 0 Å². The molecule has 0 aromatic carbocycles. The molecule has 0 atom stereocenters. The van der Waals surface area contributed by atoms with Gasteiger partial charge in [0, 0.05) is 11.6 Å². The number of carbonyl (C=O) groups is 1. The van der Waals surface area contributed by atoms with Crippen molar-refractivity contribution in [2.75, 3.05) is 5.73 Å². The largest absolute Gasteiger partial charge is 0.444 e. The number of nitrogens with zero attached hydrogens (tertiary/aromatic N) is 2. The molecular weight excluding hydrogens is 288 g/mol. The van der Waals surface area contributed by atoms with E-state index in [2.05, 4.69) is 15.3 Å². The summed E-state index contributed by atoms with van der Waals surface area (Å²) in [6.07, 6.45) is 1.68. The molecule has 21 heavy (non-hydrogen) atoms. The number of fused-ring (bicyclic) bond motifs is 1. The number of carbonyl (C=O) groups excluding carboxylic acids is 1. The topological polar surface area (TPSA) is 94.0 Å². The van der Waals surface area contributed by atoms with Gasteiger partial charge < -0.3 is 15.5 Å². The van der Waals surface area contributed by atoms with Gasteiger partial charge in [-0.05, 0) is 26.0 Å². The highest BCUT2D eigenvalue weighted by Gasteiger charge is 2.17. The summed E-state index contributed by atoms with van der Waals surface area (Å²) < 4.78 is 5.42. The van der Waals surface area contributed by atoms with Crippen LogP contribution < -0.4 is 11.1 Å². The quantitative estimate of drug-likeness (QED) is 0.775. The van der Waals surface area contributed by atoms with Gasteiger partial charge in [-0.3, -0.25) is 4.79 Å². The molecule has 0 unspecified atom stereocenters. The van der Waals surface area contributed by atoms with Gasteiger partial charge in [0.2, 0.25) is 5.89 Å². The average Bonchev–Trinajstić information content (AvgIpc) is 2.98. The summed E-state index contributed by atoms with van der Waals surface area (Å²) >= 11 is 1.28. The summed E-state index contributed by atoms with van der Waals surface area (Å²) in [6, 6.07) is 3.65. The van der Waals surface area contributed by atoms with Crippen molar-refractivity contribution in [1.82, 2.24) is 15.3 Å². The summed E-state index contributed by atoms with van der Waals surface area (Å²) in [6.45, 7) is 3.93. The van der Waals surface area contributed by atoms with Crippen LogP contribution in [0.3, 0.4) is 0 Å². The van der Waals surface area contributed by atoms with Crippen LogP contribution in [0.15, 0.2) is 22.7 Å². The third-order valence-electron chi connectivity index (χ3n) is 3.18. The number of rotatable bonds is 3. The van der Waals surface area contributed by atoms with E-state index in [-0.39, 0.29) is 12.5 Å². The van der Waals surface area contributed by atoms with E-state index in [0.29, 0.717) is 16.5 Å². The van der Waals surface area contributed by atoms with Crippen LogP contribution in [-0.4, -0.2) is 15.9 Å². The number of nitrogens with one attached hydrogen (secondary N) is 1. The molecule has 0 aliphatic rings. The molecule has 0 aliphatic carbocycles. The van der Waals surface area contributed by atoms with E-state index in [4.69, 9.17) is 10.2 Å².